The Morgan fingerprint density at radius 1 is 1.19 bits per heavy atom. The highest BCUT2D eigenvalue weighted by molar-refractivity contribution is 9.11. The third-order valence-corrected chi connectivity index (χ3v) is 6.86. The second kappa shape index (κ2) is 9.25. The van der Waals surface area contributed by atoms with Gasteiger partial charge in [0.25, 0.3) is 11.6 Å². The highest BCUT2D eigenvalue weighted by Gasteiger charge is 2.36. The monoisotopic (exact) mass is 640 g/mol. The number of hydrogen-bond acceptors (Lipinski definition) is 8. The summed E-state index contributed by atoms with van der Waals surface area (Å²) in [7, 11) is 0. The lowest BCUT2D eigenvalue weighted by atomic mass is 10.1. The van der Waals surface area contributed by atoms with Crippen molar-refractivity contribution >= 4 is 87.3 Å². The smallest absolute Gasteiger partial charge is 0.269 e. The molecule has 0 spiro atoms. The molecule has 1 unspecified atom stereocenters. The van der Waals surface area contributed by atoms with E-state index < -0.39 is 11.0 Å². The fourth-order valence-electron chi connectivity index (χ4n) is 2.84. The number of azo groups is 1. The summed E-state index contributed by atoms with van der Waals surface area (Å²) in [5, 5.41) is 27.0. The van der Waals surface area contributed by atoms with E-state index in [1.165, 1.54) is 28.5 Å². The fraction of sp³-hybridized carbons (Fsp3) is 0.105. The molecule has 3 aromatic rings. The Hall–Kier alpha value is -2.35. The summed E-state index contributed by atoms with van der Waals surface area (Å²) in [4.78, 5) is 28.0. The van der Waals surface area contributed by atoms with Gasteiger partial charge in [-0.2, -0.15) is 20.3 Å². The number of non-ortho nitro benzene ring substituents is 1. The van der Waals surface area contributed by atoms with Crippen molar-refractivity contribution in [2.75, 3.05) is 5.01 Å². The van der Waals surface area contributed by atoms with Crippen LogP contribution in [0.2, 0.25) is 0 Å². The molecule has 1 aliphatic heterocycles. The molecule has 2 heterocycles. The standard InChI is InChI=1S/C19H11Br3N6O3S/c1-9-16(24-25-17-13(21)6-11(20)7-14(17)22)18(29)27(26-9)19-23-15(8-32-19)10-3-2-4-12(5-10)28(30)31/h2-8,16H,1H3. The molecule has 0 N–H and O–H groups in total. The normalized spacial score (nSPS) is 16.1. The number of nitro groups is 1. The second-order valence-electron chi connectivity index (χ2n) is 6.55. The topological polar surface area (TPSA) is 113 Å². The molecule has 9 nitrogen and oxygen atoms in total. The van der Waals surface area contributed by atoms with E-state index in [0.717, 1.165) is 4.47 Å². The van der Waals surface area contributed by atoms with Gasteiger partial charge in [0.05, 0.1) is 16.3 Å². The maximum Gasteiger partial charge on any atom is 0.282 e. The SMILES string of the molecule is CC1=NN(c2nc(-c3cccc([N+](=O)[O-])c3)cs2)C(=O)C1N=Nc1c(Br)cc(Br)cc1Br. The van der Waals surface area contributed by atoms with E-state index in [-0.39, 0.29) is 11.6 Å². The van der Waals surface area contributed by atoms with Crippen molar-refractivity contribution in [3.8, 4) is 11.3 Å². The van der Waals surface area contributed by atoms with Gasteiger partial charge in [0.1, 0.15) is 5.69 Å². The lowest BCUT2D eigenvalue weighted by Gasteiger charge is -2.08. The zero-order valence-electron chi connectivity index (χ0n) is 16.1. The average Bonchev–Trinajstić information content (AvgIpc) is 3.33. The Labute approximate surface area is 210 Å². The van der Waals surface area contributed by atoms with E-state index in [4.69, 9.17) is 0 Å². The number of carbonyl (C=O) groups is 1. The molecule has 0 aliphatic carbocycles. The van der Waals surface area contributed by atoms with Crippen LogP contribution in [0.3, 0.4) is 0 Å². The van der Waals surface area contributed by atoms with Crippen LogP contribution in [0.4, 0.5) is 16.5 Å². The van der Waals surface area contributed by atoms with Crippen molar-refractivity contribution in [2.45, 2.75) is 13.0 Å². The highest BCUT2D eigenvalue weighted by atomic mass is 79.9. The van der Waals surface area contributed by atoms with E-state index in [9.17, 15) is 14.9 Å². The number of aromatic nitrogens is 1. The van der Waals surface area contributed by atoms with Crippen LogP contribution < -0.4 is 5.01 Å². The first-order chi connectivity index (χ1) is 15.2. The van der Waals surface area contributed by atoms with Crippen molar-refractivity contribution in [3.63, 3.8) is 0 Å². The highest BCUT2D eigenvalue weighted by Crippen LogP contribution is 2.37. The van der Waals surface area contributed by atoms with Crippen molar-refractivity contribution < 1.29 is 9.72 Å². The van der Waals surface area contributed by atoms with Crippen LogP contribution >= 0.6 is 59.1 Å². The zero-order chi connectivity index (χ0) is 23.0. The van der Waals surface area contributed by atoms with Crippen molar-refractivity contribution in [1.82, 2.24) is 4.98 Å². The van der Waals surface area contributed by atoms with Crippen LogP contribution in [0.5, 0.6) is 0 Å². The summed E-state index contributed by atoms with van der Waals surface area (Å²) >= 11 is 11.5. The predicted molar refractivity (Wildman–Crippen MR) is 133 cm³/mol. The maximum absolute atomic E-state index is 13.0. The predicted octanol–water partition coefficient (Wildman–Crippen LogP) is 6.88. The average molecular weight is 643 g/mol. The minimum atomic E-state index is -0.873. The molecule has 162 valence electrons. The summed E-state index contributed by atoms with van der Waals surface area (Å²) in [6.45, 7) is 1.70. The number of nitrogens with zero attached hydrogens (tertiary/aromatic N) is 6. The number of amides is 1. The molecule has 32 heavy (non-hydrogen) atoms. The maximum atomic E-state index is 13.0. The largest absolute Gasteiger partial charge is 0.282 e. The van der Waals surface area contributed by atoms with E-state index in [0.29, 0.717) is 36.7 Å². The molecular weight excluding hydrogens is 632 g/mol. The van der Waals surface area contributed by atoms with Crippen LogP contribution in [-0.2, 0) is 4.79 Å². The molecule has 0 radical (unpaired) electrons. The summed E-state index contributed by atoms with van der Waals surface area (Å²) in [5.74, 6) is -0.379. The number of carbonyl (C=O) groups excluding carboxylic acids is 1. The first kappa shape index (κ1) is 22.8. The van der Waals surface area contributed by atoms with Crippen molar-refractivity contribution in [2.24, 2.45) is 15.3 Å². The van der Waals surface area contributed by atoms with E-state index >= 15 is 0 Å². The summed E-state index contributed by atoms with van der Waals surface area (Å²) in [6.07, 6.45) is 0. The Bertz CT molecular complexity index is 1290. The summed E-state index contributed by atoms with van der Waals surface area (Å²) < 4.78 is 2.28. The number of halogens is 3. The molecule has 0 saturated carbocycles. The van der Waals surface area contributed by atoms with Crippen molar-refractivity contribution in [1.29, 1.82) is 0 Å². The number of nitro benzene ring substituents is 1. The van der Waals surface area contributed by atoms with Gasteiger partial charge in [-0.25, -0.2) is 4.98 Å². The first-order valence-electron chi connectivity index (χ1n) is 8.89. The van der Waals surface area contributed by atoms with Gasteiger partial charge in [-0.1, -0.05) is 28.1 Å². The van der Waals surface area contributed by atoms with Gasteiger partial charge >= 0.3 is 0 Å². The molecule has 1 aliphatic rings. The Kier molecular flexibility index (Phi) is 6.60. The number of thiazole rings is 1. The molecule has 0 fully saturated rings. The molecule has 2 aromatic carbocycles. The lowest BCUT2D eigenvalue weighted by molar-refractivity contribution is -0.384. The molecule has 1 atom stereocenters. The number of hydrogen-bond donors (Lipinski definition) is 0. The van der Waals surface area contributed by atoms with E-state index in [1.54, 1.807) is 24.4 Å². The Balaban J connectivity index is 1.57. The molecular formula is C19H11Br3N6O3S. The number of rotatable bonds is 5. The van der Waals surface area contributed by atoms with Crippen LogP contribution in [0.1, 0.15) is 6.92 Å². The molecule has 1 aromatic heterocycles. The lowest BCUT2D eigenvalue weighted by Crippen LogP contribution is -2.29. The van der Waals surface area contributed by atoms with Gasteiger partial charge in [-0.05, 0) is 50.9 Å². The van der Waals surface area contributed by atoms with Crippen molar-refractivity contribution in [3.05, 3.63) is 65.3 Å². The minimum Gasteiger partial charge on any atom is -0.269 e. The molecule has 4 rings (SSSR count). The van der Waals surface area contributed by atoms with Crippen LogP contribution in [0, 0.1) is 10.1 Å². The first-order valence-corrected chi connectivity index (χ1v) is 12.2. The fourth-order valence-corrected chi connectivity index (χ4v) is 6.05. The van der Waals surface area contributed by atoms with E-state index in [2.05, 4.69) is 68.1 Å². The number of anilines is 1. The van der Waals surface area contributed by atoms with Gasteiger partial charge in [0, 0.05) is 36.5 Å². The number of benzene rings is 2. The van der Waals surface area contributed by atoms with Gasteiger partial charge in [-0.3, -0.25) is 14.9 Å². The third-order valence-electron chi connectivity index (χ3n) is 4.38. The molecule has 1 amide bonds. The van der Waals surface area contributed by atoms with Gasteiger partial charge < -0.3 is 0 Å². The van der Waals surface area contributed by atoms with Crippen LogP contribution in [0.25, 0.3) is 11.3 Å². The third kappa shape index (κ3) is 4.56. The van der Waals surface area contributed by atoms with Crippen LogP contribution in [-0.4, -0.2) is 27.6 Å². The molecule has 0 saturated heterocycles. The van der Waals surface area contributed by atoms with Gasteiger partial charge in [-0.15, -0.1) is 11.3 Å². The molecule has 0 bridgehead atoms. The van der Waals surface area contributed by atoms with Gasteiger partial charge in [0.2, 0.25) is 5.13 Å². The zero-order valence-corrected chi connectivity index (χ0v) is 21.6. The second-order valence-corrected chi connectivity index (χ2v) is 10.0. The molecule has 13 heteroatoms. The number of hydrazone groups is 1. The van der Waals surface area contributed by atoms with Crippen LogP contribution in [0.15, 0.2) is 70.5 Å². The quantitative estimate of drug-likeness (QED) is 0.171. The summed E-state index contributed by atoms with van der Waals surface area (Å²) in [5.41, 5.74) is 2.09. The summed E-state index contributed by atoms with van der Waals surface area (Å²) in [6, 6.07) is 8.93. The Morgan fingerprint density at radius 3 is 2.59 bits per heavy atom. The minimum absolute atomic E-state index is 0.0334. The van der Waals surface area contributed by atoms with E-state index in [1.807, 2.05) is 12.1 Å². The van der Waals surface area contributed by atoms with Gasteiger partial charge in [0.15, 0.2) is 6.04 Å². The Morgan fingerprint density at radius 2 is 1.91 bits per heavy atom.